The molecule has 9 heteroatoms. The highest BCUT2D eigenvalue weighted by atomic mass is 79.9. The van der Waals surface area contributed by atoms with Crippen LogP contribution in [0.5, 0.6) is 5.75 Å². The minimum absolute atomic E-state index is 0.139. The number of alkyl halides is 3. The second-order valence-corrected chi connectivity index (χ2v) is 5.67. The maximum Gasteiger partial charge on any atom is 0.418 e. The fourth-order valence-electron chi connectivity index (χ4n) is 2.17. The van der Waals surface area contributed by atoms with Crippen LogP contribution in [0.2, 0.25) is 0 Å². The number of H-pyrrole nitrogens is 1. The van der Waals surface area contributed by atoms with Gasteiger partial charge >= 0.3 is 6.18 Å². The summed E-state index contributed by atoms with van der Waals surface area (Å²) in [5, 5.41) is 6.50. The standard InChI is InChI=1S/C15H10BrF3N4O/c1-24-11-5-4-8(16)7-9(11)13-21-14(23-22-13)12-10(15(17,18)19)3-2-6-20-12/h2-7H,1H3,(H,21,22,23). The summed E-state index contributed by atoms with van der Waals surface area (Å²) in [6.45, 7) is 0. The number of rotatable bonds is 3. The summed E-state index contributed by atoms with van der Waals surface area (Å²) < 4.78 is 45.3. The zero-order valence-corrected chi connectivity index (χ0v) is 13.8. The van der Waals surface area contributed by atoms with Gasteiger partial charge in [-0.1, -0.05) is 15.9 Å². The number of aromatic nitrogens is 4. The van der Waals surface area contributed by atoms with Crippen LogP contribution in [-0.2, 0) is 6.18 Å². The Kier molecular flexibility index (Phi) is 4.27. The molecule has 0 atom stereocenters. The number of benzene rings is 1. The Hall–Kier alpha value is -2.42. The summed E-state index contributed by atoms with van der Waals surface area (Å²) in [5.41, 5.74) is -0.659. The highest BCUT2D eigenvalue weighted by molar-refractivity contribution is 9.10. The molecular weight excluding hydrogens is 389 g/mol. The van der Waals surface area contributed by atoms with Gasteiger partial charge in [0.25, 0.3) is 0 Å². The van der Waals surface area contributed by atoms with E-state index < -0.39 is 11.7 Å². The molecule has 24 heavy (non-hydrogen) atoms. The molecule has 0 bridgehead atoms. The minimum atomic E-state index is -4.54. The SMILES string of the molecule is COc1ccc(Br)cc1-c1nc(-c2ncccc2C(F)(F)F)n[nH]1. The molecule has 124 valence electrons. The molecule has 1 N–H and O–H groups in total. The normalized spacial score (nSPS) is 11.5. The number of aromatic amines is 1. The molecule has 5 nitrogen and oxygen atoms in total. The van der Waals surface area contributed by atoms with E-state index in [0.717, 1.165) is 10.5 Å². The van der Waals surface area contributed by atoms with E-state index in [9.17, 15) is 13.2 Å². The van der Waals surface area contributed by atoms with Crippen LogP contribution in [0.4, 0.5) is 13.2 Å². The van der Waals surface area contributed by atoms with E-state index in [1.807, 2.05) is 0 Å². The number of ether oxygens (including phenoxy) is 1. The fraction of sp³-hybridized carbons (Fsp3) is 0.133. The zero-order chi connectivity index (χ0) is 17.3. The summed E-state index contributed by atoms with van der Waals surface area (Å²) >= 11 is 3.33. The molecule has 3 rings (SSSR count). The third kappa shape index (κ3) is 3.12. The number of hydrogen-bond donors (Lipinski definition) is 1. The summed E-state index contributed by atoms with van der Waals surface area (Å²) in [6.07, 6.45) is -3.28. The lowest BCUT2D eigenvalue weighted by molar-refractivity contribution is -0.137. The van der Waals surface area contributed by atoms with Gasteiger partial charge in [0, 0.05) is 10.7 Å². The number of nitrogens with zero attached hydrogens (tertiary/aromatic N) is 3. The van der Waals surface area contributed by atoms with Crippen molar-refractivity contribution in [3.63, 3.8) is 0 Å². The maximum atomic E-state index is 13.1. The van der Waals surface area contributed by atoms with Crippen molar-refractivity contribution in [1.82, 2.24) is 20.2 Å². The Morgan fingerprint density at radius 2 is 2.00 bits per heavy atom. The molecular formula is C15H10BrF3N4O. The van der Waals surface area contributed by atoms with Gasteiger partial charge < -0.3 is 4.74 Å². The van der Waals surface area contributed by atoms with Crippen molar-refractivity contribution in [2.75, 3.05) is 7.11 Å². The Balaban J connectivity index is 2.09. The molecule has 0 spiro atoms. The van der Waals surface area contributed by atoms with Gasteiger partial charge in [-0.2, -0.15) is 18.3 Å². The largest absolute Gasteiger partial charge is 0.496 e. The molecule has 0 amide bonds. The molecule has 3 aromatic rings. The molecule has 1 aromatic carbocycles. The molecule has 0 aliphatic rings. The van der Waals surface area contributed by atoms with Gasteiger partial charge in [-0.25, -0.2) is 4.98 Å². The summed E-state index contributed by atoms with van der Waals surface area (Å²) in [5.74, 6) is 0.653. The third-order valence-corrected chi connectivity index (χ3v) is 3.72. The molecule has 0 unspecified atom stereocenters. The van der Waals surface area contributed by atoms with Gasteiger partial charge in [-0.15, -0.1) is 0 Å². The van der Waals surface area contributed by atoms with Crippen LogP contribution in [-0.4, -0.2) is 27.3 Å². The summed E-state index contributed by atoms with van der Waals surface area (Å²) in [7, 11) is 1.49. The first kappa shape index (κ1) is 16.4. The van der Waals surface area contributed by atoms with Crippen LogP contribution < -0.4 is 4.74 Å². The third-order valence-electron chi connectivity index (χ3n) is 3.23. The number of nitrogens with one attached hydrogen (secondary N) is 1. The first-order valence-electron chi connectivity index (χ1n) is 6.69. The quantitative estimate of drug-likeness (QED) is 0.713. The van der Waals surface area contributed by atoms with Crippen molar-refractivity contribution in [2.45, 2.75) is 6.18 Å². The van der Waals surface area contributed by atoms with Crippen molar-refractivity contribution in [1.29, 1.82) is 0 Å². The van der Waals surface area contributed by atoms with Crippen molar-refractivity contribution >= 4 is 15.9 Å². The lowest BCUT2D eigenvalue weighted by atomic mass is 10.1. The molecule has 2 aromatic heterocycles. The van der Waals surface area contributed by atoms with Crippen molar-refractivity contribution in [3.8, 4) is 28.7 Å². The highest BCUT2D eigenvalue weighted by Crippen LogP contribution is 2.36. The lowest BCUT2D eigenvalue weighted by Gasteiger charge is -2.09. The second kappa shape index (κ2) is 6.23. The molecule has 2 heterocycles. The maximum absolute atomic E-state index is 13.1. The number of hydrogen-bond acceptors (Lipinski definition) is 4. The first-order valence-corrected chi connectivity index (χ1v) is 7.48. The van der Waals surface area contributed by atoms with Gasteiger partial charge in [-0.05, 0) is 30.3 Å². The topological polar surface area (TPSA) is 63.7 Å². The average Bonchev–Trinajstić information content (AvgIpc) is 3.04. The van der Waals surface area contributed by atoms with Gasteiger partial charge in [0.05, 0.1) is 18.2 Å². The Morgan fingerprint density at radius 1 is 1.21 bits per heavy atom. The smallest absolute Gasteiger partial charge is 0.418 e. The molecule has 0 saturated heterocycles. The van der Waals surface area contributed by atoms with Crippen molar-refractivity contribution in [3.05, 3.63) is 46.6 Å². The van der Waals surface area contributed by atoms with E-state index in [2.05, 4.69) is 36.1 Å². The predicted octanol–water partition coefficient (Wildman–Crippen LogP) is 4.32. The lowest BCUT2D eigenvalue weighted by Crippen LogP contribution is -2.08. The van der Waals surface area contributed by atoms with Crippen molar-refractivity contribution in [2.24, 2.45) is 0 Å². The molecule has 0 aliphatic carbocycles. The van der Waals surface area contributed by atoms with Gasteiger partial charge in [0.2, 0.25) is 5.82 Å². The van der Waals surface area contributed by atoms with E-state index >= 15 is 0 Å². The van der Waals surface area contributed by atoms with Crippen LogP contribution in [0.25, 0.3) is 22.9 Å². The second-order valence-electron chi connectivity index (χ2n) is 4.75. The van der Waals surface area contributed by atoms with Gasteiger partial charge in [-0.3, -0.25) is 10.1 Å². The van der Waals surface area contributed by atoms with Crippen molar-refractivity contribution < 1.29 is 17.9 Å². The van der Waals surface area contributed by atoms with Gasteiger partial charge in [0.1, 0.15) is 11.4 Å². The number of methoxy groups -OCH3 is 1. The minimum Gasteiger partial charge on any atom is -0.496 e. The van der Waals surface area contributed by atoms with Crippen LogP contribution in [0.1, 0.15) is 5.56 Å². The van der Waals surface area contributed by atoms with Crippen LogP contribution in [0.3, 0.4) is 0 Å². The predicted molar refractivity (Wildman–Crippen MR) is 84.3 cm³/mol. The monoisotopic (exact) mass is 398 g/mol. The molecule has 0 radical (unpaired) electrons. The summed E-state index contributed by atoms with van der Waals surface area (Å²) in [4.78, 5) is 7.92. The van der Waals surface area contributed by atoms with Crippen LogP contribution >= 0.6 is 15.9 Å². The molecule has 0 saturated carbocycles. The van der Waals surface area contributed by atoms with Crippen LogP contribution in [0, 0.1) is 0 Å². The summed E-state index contributed by atoms with van der Waals surface area (Å²) in [6, 6.07) is 7.38. The Labute approximate surface area is 143 Å². The Morgan fingerprint density at radius 3 is 2.71 bits per heavy atom. The zero-order valence-electron chi connectivity index (χ0n) is 12.2. The fourth-order valence-corrected chi connectivity index (χ4v) is 2.53. The number of halogens is 4. The molecule has 0 fully saturated rings. The first-order chi connectivity index (χ1) is 11.4. The van der Waals surface area contributed by atoms with E-state index in [4.69, 9.17) is 4.74 Å². The molecule has 0 aliphatic heterocycles. The highest BCUT2D eigenvalue weighted by Gasteiger charge is 2.35. The van der Waals surface area contributed by atoms with E-state index in [1.165, 1.54) is 19.4 Å². The van der Waals surface area contributed by atoms with Crippen LogP contribution in [0.15, 0.2) is 41.0 Å². The van der Waals surface area contributed by atoms with E-state index in [0.29, 0.717) is 11.3 Å². The van der Waals surface area contributed by atoms with E-state index in [1.54, 1.807) is 18.2 Å². The van der Waals surface area contributed by atoms with Gasteiger partial charge in [0.15, 0.2) is 5.82 Å². The average molecular weight is 399 g/mol. The Bertz CT molecular complexity index is 879. The van der Waals surface area contributed by atoms with E-state index in [-0.39, 0.29) is 17.3 Å². The number of pyridine rings is 1.